The SMILES string of the molecule is C=CCCC(=O)NC[C@H](OC(=O)[C@@H]1[C@H]2O[C@@]3(CC2Br)[C@H](C(=O)N(CC=C)CCCC)N([C@H](C)CO)C(=O)[C@@H]13)c1ccccc1. The van der Waals surface area contributed by atoms with Gasteiger partial charge in [-0.1, -0.05) is 71.8 Å². The molecule has 1 unspecified atom stereocenters. The van der Waals surface area contributed by atoms with Crippen LogP contribution >= 0.6 is 15.9 Å². The van der Waals surface area contributed by atoms with Crippen molar-refractivity contribution in [2.24, 2.45) is 11.8 Å². The van der Waals surface area contributed by atoms with Gasteiger partial charge in [0.25, 0.3) is 0 Å². The molecular formula is C33H44BrN3O7. The van der Waals surface area contributed by atoms with Crippen molar-refractivity contribution in [2.75, 3.05) is 26.2 Å². The first kappa shape index (κ1) is 33.9. The maximum absolute atomic E-state index is 14.3. The normalized spacial score (nSPS) is 28.2. The number of benzene rings is 1. The Morgan fingerprint density at radius 2 is 2.00 bits per heavy atom. The van der Waals surface area contributed by atoms with Crippen LogP contribution in [0.25, 0.3) is 0 Å². The van der Waals surface area contributed by atoms with Gasteiger partial charge in [-0.05, 0) is 31.7 Å². The number of nitrogens with one attached hydrogen (secondary N) is 1. The summed E-state index contributed by atoms with van der Waals surface area (Å²) in [6.45, 7) is 11.7. The molecule has 44 heavy (non-hydrogen) atoms. The van der Waals surface area contributed by atoms with E-state index < -0.39 is 53.6 Å². The quantitative estimate of drug-likeness (QED) is 0.157. The number of carbonyl (C=O) groups is 4. The van der Waals surface area contributed by atoms with Crippen LogP contribution in [-0.2, 0) is 28.7 Å². The first-order valence-electron chi connectivity index (χ1n) is 15.4. The third-order valence-corrected chi connectivity index (χ3v) is 9.75. The van der Waals surface area contributed by atoms with E-state index in [2.05, 4.69) is 34.4 Å². The third kappa shape index (κ3) is 6.50. The Morgan fingerprint density at radius 3 is 2.64 bits per heavy atom. The first-order valence-corrected chi connectivity index (χ1v) is 16.3. The summed E-state index contributed by atoms with van der Waals surface area (Å²) in [7, 11) is 0. The highest BCUT2D eigenvalue weighted by Gasteiger charge is 2.77. The molecule has 240 valence electrons. The van der Waals surface area contributed by atoms with E-state index in [-0.39, 0.29) is 36.2 Å². The number of hydrogen-bond donors (Lipinski definition) is 2. The zero-order valence-electron chi connectivity index (χ0n) is 25.5. The Bertz CT molecular complexity index is 1230. The number of ether oxygens (including phenoxy) is 2. The van der Waals surface area contributed by atoms with Crippen LogP contribution in [-0.4, -0.2) is 93.5 Å². The second kappa shape index (κ2) is 14.8. The van der Waals surface area contributed by atoms with Crippen molar-refractivity contribution in [3.05, 3.63) is 61.2 Å². The fourth-order valence-electron chi connectivity index (χ4n) is 6.79. The van der Waals surface area contributed by atoms with Crippen LogP contribution in [0.3, 0.4) is 0 Å². The van der Waals surface area contributed by atoms with Gasteiger partial charge in [0.05, 0.1) is 37.1 Å². The van der Waals surface area contributed by atoms with Gasteiger partial charge in [-0.15, -0.1) is 13.2 Å². The molecule has 1 spiro atoms. The van der Waals surface area contributed by atoms with Crippen LogP contribution in [0, 0.1) is 11.8 Å². The Balaban J connectivity index is 1.66. The average molecular weight is 675 g/mol. The van der Waals surface area contributed by atoms with Gasteiger partial charge < -0.3 is 29.7 Å². The van der Waals surface area contributed by atoms with Gasteiger partial charge in [0.1, 0.15) is 17.7 Å². The molecule has 2 bridgehead atoms. The van der Waals surface area contributed by atoms with Crippen LogP contribution in [0.15, 0.2) is 55.6 Å². The van der Waals surface area contributed by atoms with Crippen molar-refractivity contribution in [2.45, 2.75) is 80.7 Å². The standard InChI is InChI=1S/C33H44BrN3O7/c1-5-8-15-25(39)35-19-24(22-13-11-10-12-14-22)43-32(42)26-27-30(40)37(21(4)20-38)29(33(27)18-23(34)28(26)44-33)31(41)36(16-7-3)17-9-6-2/h5,7,10-14,21,23-24,26-29,38H,1,3,6,8-9,15-20H2,2,4H3,(H,35,39)/t21-,23?,24+,26+,27-,28+,29+,33-/m1/s1. The third-order valence-electron chi connectivity index (χ3n) is 8.90. The lowest BCUT2D eigenvalue weighted by molar-refractivity contribution is -0.161. The van der Waals surface area contributed by atoms with Crippen LogP contribution in [0.2, 0.25) is 0 Å². The molecule has 3 aliphatic heterocycles. The number of hydrogen-bond acceptors (Lipinski definition) is 7. The number of alkyl halides is 1. The molecule has 0 aromatic heterocycles. The predicted octanol–water partition coefficient (Wildman–Crippen LogP) is 3.30. The molecule has 10 nitrogen and oxygen atoms in total. The number of halogens is 1. The molecule has 2 N–H and O–H groups in total. The van der Waals surface area contributed by atoms with E-state index in [9.17, 15) is 24.3 Å². The summed E-state index contributed by atoms with van der Waals surface area (Å²) in [6.07, 6.45) is 4.59. The minimum absolute atomic E-state index is 0.0498. The maximum Gasteiger partial charge on any atom is 0.313 e. The number of aliphatic hydroxyl groups is 1. The zero-order valence-corrected chi connectivity index (χ0v) is 27.1. The number of rotatable bonds is 16. The van der Waals surface area contributed by atoms with Gasteiger partial charge in [-0.3, -0.25) is 19.2 Å². The van der Waals surface area contributed by atoms with Crippen LogP contribution in [0.1, 0.15) is 57.6 Å². The van der Waals surface area contributed by atoms with E-state index in [0.717, 1.165) is 12.8 Å². The monoisotopic (exact) mass is 673 g/mol. The van der Waals surface area contributed by atoms with Crippen LogP contribution < -0.4 is 5.32 Å². The maximum atomic E-state index is 14.3. The molecular weight excluding hydrogens is 630 g/mol. The number of unbranched alkanes of at least 4 members (excludes halogenated alkanes) is 1. The summed E-state index contributed by atoms with van der Waals surface area (Å²) < 4.78 is 12.7. The topological polar surface area (TPSA) is 125 Å². The van der Waals surface area contributed by atoms with E-state index in [1.807, 2.05) is 37.3 Å². The first-order chi connectivity index (χ1) is 21.1. The Morgan fingerprint density at radius 1 is 1.27 bits per heavy atom. The molecule has 4 rings (SSSR count). The van der Waals surface area contributed by atoms with Crippen LogP contribution in [0.5, 0.6) is 0 Å². The van der Waals surface area contributed by atoms with E-state index in [1.165, 1.54) is 4.90 Å². The van der Waals surface area contributed by atoms with Crippen molar-refractivity contribution in [3.8, 4) is 0 Å². The van der Waals surface area contributed by atoms with Crippen LogP contribution in [0.4, 0.5) is 0 Å². The molecule has 3 amide bonds. The van der Waals surface area contributed by atoms with Crippen molar-refractivity contribution in [1.29, 1.82) is 0 Å². The predicted molar refractivity (Wildman–Crippen MR) is 168 cm³/mol. The van der Waals surface area contributed by atoms with E-state index in [0.29, 0.717) is 31.5 Å². The van der Waals surface area contributed by atoms with Gasteiger partial charge >= 0.3 is 5.97 Å². The average Bonchev–Trinajstić information content (AvgIpc) is 3.62. The summed E-state index contributed by atoms with van der Waals surface area (Å²) in [5.74, 6) is -3.47. The number of esters is 1. The summed E-state index contributed by atoms with van der Waals surface area (Å²) in [4.78, 5) is 57.7. The fraction of sp³-hybridized carbons (Fsp3) is 0.576. The van der Waals surface area contributed by atoms with Crippen molar-refractivity contribution < 1.29 is 33.8 Å². The summed E-state index contributed by atoms with van der Waals surface area (Å²) >= 11 is 3.68. The molecule has 0 aliphatic carbocycles. The number of amides is 3. The molecule has 1 aromatic rings. The summed E-state index contributed by atoms with van der Waals surface area (Å²) in [5.41, 5.74) is -0.580. The number of carbonyl (C=O) groups excluding carboxylic acids is 4. The van der Waals surface area contributed by atoms with E-state index in [1.54, 1.807) is 24.0 Å². The smallest absolute Gasteiger partial charge is 0.313 e. The van der Waals surface area contributed by atoms with Gasteiger partial charge in [-0.2, -0.15) is 0 Å². The Hall–Kier alpha value is -3.02. The van der Waals surface area contributed by atoms with Gasteiger partial charge in [0.2, 0.25) is 17.7 Å². The molecule has 0 saturated carbocycles. The molecule has 3 aliphatic rings. The molecule has 0 radical (unpaired) electrons. The van der Waals surface area contributed by atoms with Gasteiger partial charge in [0, 0.05) is 24.3 Å². The second-order valence-corrected chi connectivity index (χ2v) is 13.0. The lowest BCUT2D eigenvalue weighted by Crippen LogP contribution is -2.58. The largest absolute Gasteiger partial charge is 0.455 e. The minimum Gasteiger partial charge on any atom is -0.455 e. The lowest BCUT2D eigenvalue weighted by atomic mass is 9.70. The lowest BCUT2D eigenvalue weighted by Gasteiger charge is -2.38. The fourth-order valence-corrected chi connectivity index (χ4v) is 7.73. The molecule has 3 fully saturated rings. The summed E-state index contributed by atoms with van der Waals surface area (Å²) in [6, 6.07) is 7.40. The number of allylic oxidation sites excluding steroid dienone is 1. The number of fused-ring (bicyclic) bond motifs is 1. The minimum atomic E-state index is -1.27. The molecule has 8 atom stereocenters. The molecule has 1 aromatic carbocycles. The van der Waals surface area contributed by atoms with E-state index in [4.69, 9.17) is 9.47 Å². The molecule has 11 heteroatoms. The van der Waals surface area contributed by atoms with Crippen molar-refractivity contribution in [3.63, 3.8) is 0 Å². The van der Waals surface area contributed by atoms with Gasteiger partial charge in [-0.25, -0.2) is 0 Å². The highest BCUT2D eigenvalue weighted by Crippen LogP contribution is 2.60. The number of nitrogens with zero attached hydrogens (tertiary/aromatic N) is 2. The Kier molecular flexibility index (Phi) is 11.4. The zero-order chi connectivity index (χ0) is 32.0. The molecule has 3 heterocycles. The molecule has 3 saturated heterocycles. The number of likely N-dealkylation sites (tertiary alicyclic amines) is 1. The number of aliphatic hydroxyl groups excluding tert-OH is 1. The Labute approximate surface area is 267 Å². The second-order valence-electron chi connectivity index (χ2n) is 11.8. The van der Waals surface area contributed by atoms with E-state index >= 15 is 0 Å². The highest BCUT2D eigenvalue weighted by molar-refractivity contribution is 9.09. The van der Waals surface area contributed by atoms with Crippen molar-refractivity contribution in [1.82, 2.24) is 15.1 Å². The van der Waals surface area contributed by atoms with Gasteiger partial charge in [0.15, 0.2) is 0 Å². The van der Waals surface area contributed by atoms with Crippen molar-refractivity contribution >= 4 is 39.6 Å². The summed E-state index contributed by atoms with van der Waals surface area (Å²) in [5, 5.41) is 13.0. The highest BCUT2D eigenvalue weighted by atomic mass is 79.9.